The Labute approximate surface area is 174 Å². The fraction of sp³-hybridized carbons (Fsp3) is 0.190. The number of hydrogen-bond donors (Lipinski definition) is 1. The largest absolute Gasteiger partial charge is 0.320 e. The van der Waals surface area contributed by atoms with Crippen LogP contribution in [-0.2, 0) is 15.6 Å². The minimum atomic E-state index is -3.85. The van der Waals surface area contributed by atoms with Crippen molar-refractivity contribution in [2.24, 2.45) is 0 Å². The number of hydrogen-bond acceptors (Lipinski definition) is 5. The lowest BCUT2D eigenvalue weighted by molar-refractivity contribution is 0.102. The summed E-state index contributed by atoms with van der Waals surface area (Å²) in [7, 11) is -3.85. The van der Waals surface area contributed by atoms with Crippen LogP contribution in [0.25, 0.3) is 0 Å². The van der Waals surface area contributed by atoms with E-state index in [0.717, 1.165) is 22.9 Å². The molecule has 1 aromatic heterocycles. The molecule has 2 aromatic carbocycles. The zero-order chi connectivity index (χ0) is 21.2. The molecule has 0 unspecified atom stereocenters. The van der Waals surface area contributed by atoms with Crippen LogP contribution in [0.3, 0.4) is 0 Å². The highest BCUT2D eigenvalue weighted by Crippen LogP contribution is 2.21. The van der Waals surface area contributed by atoms with E-state index in [1.807, 2.05) is 45.0 Å². The predicted octanol–water partition coefficient (Wildman–Crippen LogP) is 4.28. The van der Waals surface area contributed by atoms with Crippen LogP contribution in [0.4, 0.5) is 5.69 Å². The number of aryl methyl sites for hydroxylation is 3. The van der Waals surface area contributed by atoms with Crippen LogP contribution < -0.4 is 5.32 Å². The van der Waals surface area contributed by atoms with E-state index in [1.165, 1.54) is 0 Å². The van der Waals surface area contributed by atoms with E-state index in [2.05, 4.69) is 15.3 Å². The quantitative estimate of drug-likeness (QED) is 0.611. The number of aromatic nitrogens is 2. The molecule has 0 bridgehead atoms. The van der Waals surface area contributed by atoms with Crippen LogP contribution in [-0.4, -0.2) is 24.3 Å². The molecule has 0 aliphatic heterocycles. The van der Waals surface area contributed by atoms with Gasteiger partial charge < -0.3 is 5.32 Å². The fourth-order valence-electron chi connectivity index (χ4n) is 2.80. The molecule has 1 heterocycles. The van der Waals surface area contributed by atoms with Crippen molar-refractivity contribution in [3.8, 4) is 0 Å². The molecular formula is C21H20ClN3O3S. The molecule has 150 valence electrons. The monoisotopic (exact) mass is 429 g/mol. The van der Waals surface area contributed by atoms with Crippen molar-refractivity contribution in [1.82, 2.24) is 9.97 Å². The van der Waals surface area contributed by atoms with Gasteiger partial charge in [-0.25, -0.2) is 18.4 Å². The lowest BCUT2D eigenvalue weighted by Crippen LogP contribution is -2.18. The molecule has 0 spiro atoms. The van der Waals surface area contributed by atoms with Crippen molar-refractivity contribution in [2.45, 2.75) is 31.7 Å². The molecule has 0 radical (unpaired) electrons. The number of sulfone groups is 1. The summed E-state index contributed by atoms with van der Waals surface area (Å²) in [5.41, 5.74) is 3.81. The van der Waals surface area contributed by atoms with E-state index in [-0.39, 0.29) is 16.5 Å². The van der Waals surface area contributed by atoms with Crippen LogP contribution in [0, 0.1) is 20.8 Å². The van der Waals surface area contributed by atoms with E-state index in [9.17, 15) is 13.2 Å². The van der Waals surface area contributed by atoms with Gasteiger partial charge in [-0.3, -0.25) is 4.79 Å². The third-order valence-electron chi connectivity index (χ3n) is 4.30. The van der Waals surface area contributed by atoms with Crippen molar-refractivity contribution >= 4 is 33.0 Å². The summed E-state index contributed by atoms with van der Waals surface area (Å²) in [4.78, 5) is 20.5. The zero-order valence-electron chi connectivity index (χ0n) is 16.2. The van der Waals surface area contributed by atoms with Crippen LogP contribution in [0.2, 0.25) is 5.02 Å². The molecule has 6 nitrogen and oxygen atoms in total. The van der Waals surface area contributed by atoms with Crippen molar-refractivity contribution in [2.75, 3.05) is 5.32 Å². The summed E-state index contributed by atoms with van der Waals surface area (Å²) in [6.07, 6.45) is 1.13. The van der Waals surface area contributed by atoms with Gasteiger partial charge in [0.25, 0.3) is 5.91 Å². The molecule has 1 N–H and O–H groups in total. The Kier molecular flexibility index (Phi) is 6.00. The average Bonchev–Trinajstić information content (AvgIpc) is 2.64. The summed E-state index contributed by atoms with van der Waals surface area (Å²) in [5, 5.41) is 2.27. The number of nitrogens with zero attached hydrogens (tertiary/aromatic N) is 2. The van der Waals surface area contributed by atoms with Gasteiger partial charge in [0, 0.05) is 5.69 Å². The van der Waals surface area contributed by atoms with Gasteiger partial charge in [-0.15, -0.1) is 0 Å². The zero-order valence-corrected chi connectivity index (χ0v) is 17.8. The maximum atomic E-state index is 12.8. The second-order valence-electron chi connectivity index (χ2n) is 6.87. The minimum absolute atomic E-state index is 0.0256. The van der Waals surface area contributed by atoms with Crippen molar-refractivity contribution in [1.29, 1.82) is 0 Å². The van der Waals surface area contributed by atoms with Gasteiger partial charge in [0.05, 0.1) is 17.0 Å². The number of carbonyl (C=O) groups is 1. The van der Waals surface area contributed by atoms with Gasteiger partial charge in [-0.05, 0) is 43.5 Å². The lowest BCUT2D eigenvalue weighted by atomic mass is 10.1. The number of carbonyl (C=O) groups excluding carboxylic acids is 1. The van der Waals surface area contributed by atoms with E-state index < -0.39 is 20.9 Å². The number of nitrogens with one attached hydrogen (secondary N) is 1. The third-order valence-corrected chi connectivity index (χ3v) is 6.04. The lowest BCUT2D eigenvalue weighted by Gasteiger charge is -2.11. The third kappa shape index (κ3) is 4.99. The number of benzene rings is 2. The van der Waals surface area contributed by atoms with Gasteiger partial charge in [0.1, 0.15) is 0 Å². The summed E-state index contributed by atoms with van der Waals surface area (Å²) < 4.78 is 25.5. The van der Waals surface area contributed by atoms with Crippen molar-refractivity contribution in [3.63, 3.8) is 0 Å². The SMILES string of the molecule is Cc1cccc(CS(=O)(=O)c2ncc(Cl)c(C(=O)Nc3cc(C)ccc3C)n2)c1. The first-order chi connectivity index (χ1) is 13.7. The molecule has 0 saturated heterocycles. The number of halogens is 1. The Morgan fingerprint density at radius 3 is 2.52 bits per heavy atom. The maximum Gasteiger partial charge on any atom is 0.275 e. The van der Waals surface area contributed by atoms with Gasteiger partial charge >= 0.3 is 0 Å². The highest BCUT2D eigenvalue weighted by Gasteiger charge is 2.23. The van der Waals surface area contributed by atoms with Crippen molar-refractivity contribution < 1.29 is 13.2 Å². The van der Waals surface area contributed by atoms with Crippen LogP contribution in [0.1, 0.15) is 32.7 Å². The van der Waals surface area contributed by atoms with Crippen LogP contribution >= 0.6 is 11.6 Å². The molecule has 0 atom stereocenters. The summed E-state index contributed by atoms with van der Waals surface area (Å²) in [6.45, 7) is 5.64. The summed E-state index contributed by atoms with van der Waals surface area (Å²) >= 11 is 6.08. The maximum absolute atomic E-state index is 12.8. The Morgan fingerprint density at radius 2 is 1.79 bits per heavy atom. The van der Waals surface area contributed by atoms with E-state index >= 15 is 0 Å². The van der Waals surface area contributed by atoms with Gasteiger partial charge in [0.15, 0.2) is 5.69 Å². The molecule has 3 aromatic rings. The Bertz CT molecular complexity index is 1190. The first-order valence-corrected chi connectivity index (χ1v) is 10.9. The molecule has 8 heteroatoms. The van der Waals surface area contributed by atoms with E-state index in [1.54, 1.807) is 18.2 Å². The smallest absolute Gasteiger partial charge is 0.275 e. The number of amides is 1. The molecule has 0 saturated carbocycles. The molecule has 1 amide bonds. The Hall–Kier alpha value is -2.77. The predicted molar refractivity (Wildman–Crippen MR) is 113 cm³/mol. The topological polar surface area (TPSA) is 89.0 Å². The highest BCUT2D eigenvalue weighted by molar-refractivity contribution is 7.90. The summed E-state index contributed by atoms with van der Waals surface area (Å²) in [5.74, 6) is -0.868. The molecule has 0 aliphatic rings. The standard InChI is InChI=1S/C21H20ClN3O3S/c1-13-5-4-6-16(9-13)12-29(27,28)21-23-11-17(22)19(25-21)20(26)24-18-10-14(2)7-8-15(18)3/h4-11H,12H2,1-3H3,(H,24,26). The minimum Gasteiger partial charge on any atom is -0.320 e. The normalized spacial score (nSPS) is 11.3. The molecule has 3 rings (SSSR count). The van der Waals surface area contributed by atoms with E-state index in [0.29, 0.717) is 11.3 Å². The molecular weight excluding hydrogens is 410 g/mol. The van der Waals surface area contributed by atoms with Crippen molar-refractivity contribution in [3.05, 3.63) is 81.6 Å². The van der Waals surface area contributed by atoms with Gasteiger partial charge in [0.2, 0.25) is 15.0 Å². The fourth-order valence-corrected chi connectivity index (χ4v) is 4.17. The van der Waals surface area contributed by atoms with Gasteiger partial charge in [-0.1, -0.05) is 53.6 Å². The Balaban J connectivity index is 1.91. The first kappa shape index (κ1) is 21.0. The van der Waals surface area contributed by atoms with Crippen LogP contribution in [0.15, 0.2) is 53.8 Å². The average molecular weight is 430 g/mol. The van der Waals surface area contributed by atoms with Gasteiger partial charge in [-0.2, -0.15) is 0 Å². The first-order valence-electron chi connectivity index (χ1n) is 8.85. The highest BCUT2D eigenvalue weighted by atomic mass is 35.5. The second kappa shape index (κ2) is 8.31. The van der Waals surface area contributed by atoms with E-state index in [4.69, 9.17) is 11.6 Å². The second-order valence-corrected chi connectivity index (χ2v) is 9.16. The number of anilines is 1. The Morgan fingerprint density at radius 1 is 1.07 bits per heavy atom. The molecule has 29 heavy (non-hydrogen) atoms. The number of rotatable bonds is 5. The summed E-state index contributed by atoms with van der Waals surface area (Å²) in [6, 6.07) is 12.8. The molecule has 0 aliphatic carbocycles. The van der Waals surface area contributed by atoms with Crippen LogP contribution in [0.5, 0.6) is 0 Å². The molecule has 0 fully saturated rings.